The summed E-state index contributed by atoms with van der Waals surface area (Å²) in [5, 5.41) is 8.69. The van der Waals surface area contributed by atoms with E-state index in [-0.39, 0.29) is 5.91 Å². The van der Waals surface area contributed by atoms with Crippen molar-refractivity contribution in [3.05, 3.63) is 46.0 Å². The maximum atomic E-state index is 12.4. The Hall–Kier alpha value is -2.06. The lowest BCUT2D eigenvalue weighted by atomic mass is 10.3. The molecule has 2 aromatic rings. The van der Waals surface area contributed by atoms with Gasteiger partial charge in [-0.05, 0) is 31.2 Å². The fourth-order valence-electron chi connectivity index (χ4n) is 1.73. The first-order chi connectivity index (χ1) is 9.20. The smallest absolute Gasteiger partial charge is 0.264 e. The van der Waals surface area contributed by atoms with Gasteiger partial charge < -0.3 is 9.32 Å². The van der Waals surface area contributed by atoms with E-state index in [1.165, 1.54) is 11.3 Å². The molecule has 2 aromatic heterocycles. The van der Waals surface area contributed by atoms with E-state index in [0.717, 1.165) is 10.6 Å². The molecule has 1 amide bonds. The average Bonchev–Trinajstić information content (AvgIpc) is 3.05. The number of hydrogen-bond donors (Lipinski definition) is 0. The lowest BCUT2D eigenvalue weighted by molar-refractivity contribution is 0.0740. The number of aryl methyl sites for hydroxylation is 1. The largest absolute Gasteiger partial charge is 0.467 e. The van der Waals surface area contributed by atoms with Crippen molar-refractivity contribution in [2.24, 2.45) is 0 Å². The minimum atomic E-state index is -0.0512. The Labute approximate surface area is 115 Å². The molecule has 0 saturated heterocycles. The Morgan fingerprint density at radius 1 is 1.47 bits per heavy atom. The van der Waals surface area contributed by atoms with E-state index in [4.69, 9.17) is 9.68 Å². The maximum absolute atomic E-state index is 12.4. The molecule has 0 fully saturated rings. The summed E-state index contributed by atoms with van der Waals surface area (Å²) in [4.78, 5) is 15.8. The van der Waals surface area contributed by atoms with Gasteiger partial charge in [0.25, 0.3) is 5.91 Å². The van der Waals surface area contributed by atoms with E-state index in [1.54, 1.807) is 17.2 Å². The van der Waals surface area contributed by atoms with E-state index >= 15 is 0 Å². The lowest BCUT2D eigenvalue weighted by Gasteiger charge is -2.19. The molecule has 0 unspecified atom stereocenters. The SMILES string of the molecule is Cc1ccc(C(=O)N(CCC#N)Cc2ccco2)s1. The summed E-state index contributed by atoms with van der Waals surface area (Å²) in [5.74, 6) is 0.671. The van der Waals surface area contributed by atoms with E-state index in [1.807, 2.05) is 25.1 Å². The quantitative estimate of drug-likeness (QED) is 0.841. The molecule has 2 heterocycles. The fourth-order valence-corrected chi connectivity index (χ4v) is 2.57. The van der Waals surface area contributed by atoms with Crippen LogP contribution in [0.4, 0.5) is 0 Å². The van der Waals surface area contributed by atoms with Crippen LogP contribution >= 0.6 is 11.3 Å². The molecule has 2 rings (SSSR count). The number of rotatable bonds is 5. The Morgan fingerprint density at radius 2 is 2.32 bits per heavy atom. The van der Waals surface area contributed by atoms with E-state index in [0.29, 0.717) is 24.4 Å². The molecule has 98 valence electrons. The Balaban J connectivity index is 2.12. The second kappa shape index (κ2) is 6.21. The average molecular weight is 274 g/mol. The molecule has 0 aliphatic carbocycles. The molecule has 0 aliphatic heterocycles. The van der Waals surface area contributed by atoms with Gasteiger partial charge >= 0.3 is 0 Å². The highest BCUT2D eigenvalue weighted by Gasteiger charge is 2.18. The molecule has 0 aliphatic rings. The number of thiophene rings is 1. The lowest BCUT2D eigenvalue weighted by Crippen LogP contribution is -2.30. The van der Waals surface area contributed by atoms with Gasteiger partial charge in [-0.2, -0.15) is 5.26 Å². The number of furan rings is 1. The van der Waals surface area contributed by atoms with Crippen molar-refractivity contribution in [1.29, 1.82) is 5.26 Å². The molecule has 0 saturated carbocycles. The van der Waals surface area contributed by atoms with Crippen LogP contribution in [0.3, 0.4) is 0 Å². The standard InChI is InChI=1S/C14H14N2O2S/c1-11-5-6-13(19-11)14(17)16(8-3-7-15)10-12-4-2-9-18-12/h2,4-6,9H,3,8,10H2,1H3. The first-order valence-corrected chi connectivity index (χ1v) is 6.77. The first-order valence-electron chi connectivity index (χ1n) is 5.96. The van der Waals surface area contributed by atoms with Gasteiger partial charge in [-0.15, -0.1) is 11.3 Å². The van der Waals surface area contributed by atoms with Gasteiger partial charge in [-0.1, -0.05) is 0 Å². The Morgan fingerprint density at radius 3 is 2.89 bits per heavy atom. The maximum Gasteiger partial charge on any atom is 0.264 e. The summed E-state index contributed by atoms with van der Waals surface area (Å²) in [6.07, 6.45) is 1.90. The van der Waals surface area contributed by atoms with Gasteiger partial charge in [0.05, 0.1) is 30.2 Å². The zero-order valence-corrected chi connectivity index (χ0v) is 11.4. The second-order valence-electron chi connectivity index (χ2n) is 4.12. The summed E-state index contributed by atoms with van der Waals surface area (Å²) in [7, 11) is 0. The van der Waals surface area contributed by atoms with Gasteiger partial charge in [-0.25, -0.2) is 0 Å². The molecule has 0 bridgehead atoms. The highest BCUT2D eigenvalue weighted by molar-refractivity contribution is 7.13. The Kier molecular flexibility index (Phi) is 4.37. The summed E-state index contributed by atoms with van der Waals surface area (Å²) >= 11 is 1.47. The topological polar surface area (TPSA) is 57.2 Å². The van der Waals surface area contributed by atoms with Gasteiger partial charge in [-0.3, -0.25) is 4.79 Å². The molecule has 19 heavy (non-hydrogen) atoms. The zero-order chi connectivity index (χ0) is 13.7. The molecule has 4 nitrogen and oxygen atoms in total. The minimum Gasteiger partial charge on any atom is -0.467 e. The van der Waals surface area contributed by atoms with E-state index in [9.17, 15) is 4.79 Å². The Bertz CT molecular complexity index is 581. The highest BCUT2D eigenvalue weighted by atomic mass is 32.1. The van der Waals surface area contributed by atoms with Crippen molar-refractivity contribution in [2.75, 3.05) is 6.54 Å². The van der Waals surface area contributed by atoms with Crippen LogP contribution in [0.25, 0.3) is 0 Å². The number of carbonyl (C=O) groups is 1. The number of hydrogen-bond acceptors (Lipinski definition) is 4. The fraction of sp³-hybridized carbons (Fsp3) is 0.286. The molecular formula is C14H14N2O2S. The first kappa shape index (κ1) is 13.4. The molecular weight excluding hydrogens is 260 g/mol. The molecule has 0 radical (unpaired) electrons. The molecule has 0 N–H and O–H groups in total. The number of amides is 1. The van der Waals surface area contributed by atoms with E-state index in [2.05, 4.69) is 6.07 Å². The van der Waals surface area contributed by atoms with Crippen LogP contribution in [0.1, 0.15) is 26.7 Å². The zero-order valence-electron chi connectivity index (χ0n) is 10.6. The van der Waals surface area contributed by atoms with Crippen LogP contribution in [-0.4, -0.2) is 17.4 Å². The summed E-state index contributed by atoms with van der Waals surface area (Å²) < 4.78 is 5.26. The third-order valence-electron chi connectivity index (χ3n) is 2.66. The molecule has 0 atom stereocenters. The van der Waals surface area contributed by atoms with Crippen LogP contribution in [0.15, 0.2) is 34.9 Å². The van der Waals surface area contributed by atoms with Crippen LogP contribution in [0.5, 0.6) is 0 Å². The predicted molar refractivity (Wildman–Crippen MR) is 72.7 cm³/mol. The number of carbonyl (C=O) groups excluding carboxylic acids is 1. The molecule has 0 spiro atoms. The molecule has 0 aromatic carbocycles. The third-order valence-corrected chi connectivity index (χ3v) is 3.65. The van der Waals surface area contributed by atoms with Crippen molar-refractivity contribution in [3.63, 3.8) is 0 Å². The molecule has 5 heteroatoms. The van der Waals surface area contributed by atoms with Crippen LogP contribution < -0.4 is 0 Å². The van der Waals surface area contributed by atoms with Crippen LogP contribution in [0.2, 0.25) is 0 Å². The summed E-state index contributed by atoms with van der Waals surface area (Å²) in [5.41, 5.74) is 0. The van der Waals surface area contributed by atoms with Crippen molar-refractivity contribution in [3.8, 4) is 6.07 Å². The second-order valence-corrected chi connectivity index (χ2v) is 5.41. The van der Waals surface area contributed by atoms with Gasteiger partial charge in [0.15, 0.2) is 0 Å². The highest BCUT2D eigenvalue weighted by Crippen LogP contribution is 2.18. The summed E-state index contributed by atoms with van der Waals surface area (Å²) in [6, 6.07) is 9.43. The normalized spacial score (nSPS) is 10.1. The van der Waals surface area contributed by atoms with Crippen LogP contribution in [0, 0.1) is 18.3 Å². The van der Waals surface area contributed by atoms with Gasteiger partial charge in [0.2, 0.25) is 0 Å². The van der Waals surface area contributed by atoms with E-state index < -0.39 is 0 Å². The number of nitrogens with zero attached hydrogens (tertiary/aromatic N) is 2. The number of nitriles is 1. The predicted octanol–water partition coefficient (Wildman–Crippen LogP) is 3.21. The van der Waals surface area contributed by atoms with Gasteiger partial charge in [0.1, 0.15) is 5.76 Å². The van der Waals surface area contributed by atoms with Crippen molar-refractivity contribution >= 4 is 17.2 Å². The minimum absolute atomic E-state index is 0.0512. The van der Waals surface area contributed by atoms with Crippen molar-refractivity contribution in [1.82, 2.24) is 4.90 Å². The third kappa shape index (κ3) is 3.46. The van der Waals surface area contributed by atoms with Crippen LogP contribution in [-0.2, 0) is 6.54 Å². The monoisotopic (exact) mass is 274 g/mol. The summed E-state index contributed by atoms with van der Waals surface area (Å²) in [6.45, 7) is 2.77. The van der Waals surface area contributed by atoms with Crippen molar-refractivity contribution in [2.45, 2.75) is 19.9 Å². The van der Waals surface area contributed by atoms with Crippen molar-refractivity contribution < 1.29 is 9.21 Å². The van der Waals surface area contributed by atoms with Gasteiger partial charge in [0, 0.05) is 11.4 Å².